The molecule has 140 valence electrons. The fraction of sp³-hybridized carbons (Fsp3) is 0.385. The van der Waals surface area contributed by atoms with Crippen molar-refractivity contribution in [2.75, 3.05) is 19.6 Å². The average molecular weight is 402 g/mol. The highest BCUT2D eigenvalue weighted by Crippen LogP contribution is 2.36. The molecule has 0 radical (unpaired) electrons. The Balaban J connectivity index is 0.00000312. The second kappa shape index (κ2) is 8.13. The lowest BCUT2D eigenvalue weighted by molar-refractivity contribution is -0.385. The molecule has 0 amide bonds. The molecule has 2 rings (SSSR count). The predicted molar refractivity (Wildman–Crippen MR) is 86.1 cm³/mol. The van der Waals surface area contributed by atoms with Crippen molar-refractivity contribution >= 4 is 28.1 Å². The van der Waals surface area contributed by atoms with Gasteiger partial charge in [-0.3, -0.25) is 10.1 Å². The Morgan fingerprint density at radius 1 is 1.32 bits per heavy atom. The Bertz CT molecular complexity index is 781. The van der Waals surface area contributed by atoms with E-state index in [4.69, 9.17) is 0 Å². The third-order valence-corrected chi connectivity index (χ3v) is 4.88. The summed E-state index contributed by atoms with van der Waals surface area (Å²) >= 11 is 0. The largest absolute Gasteiger partial charge is 0.417 e. The van der Waals surface area contributed by atoms with Crippen molar-refractivity contribution in [1.29, 1.82) is 0 Å². The van der Waals surface area contributed by atoms with Crippen molar-refractivity contribution in [3.63, 3.8) is 0 Å². The first-order valence-corrected chi connectivity index (χ1v) is 8.33. The summed E-state index contributed by atoms with van der Waals surface area (Å²) < 4.78 is 65.8. The van der Waals surface area contributed by atoms with Gasteiger partial charge in [-0.05, 0) is 19.0 Å². The number of benzene rings is 1. The lowest BCUT2D eigenvalue weighted by Gasteiger charge is -2.16. The summed E-state index contributed by atoms with van der Waals surface area (Å²) in [7, 11) is -4.47. The smallest absolute Gasteiger partial charge is 0.313 e. The van der Waals surface area contributed by atoms with Gasteiger partial charge in [-0.2, -0.15) is 13.2 Å². The van der Waals surface area contributed by atoms with E-state index in [1.807, 2.05) is 0 Å². The molecule has 1 heterocycles. The average Bonchev–Trinajstić information content (AvgIpc) is 2.52. The summed E-state index contributed by atoms with van der Waals surface area (Å²) in [4.78, 5) is 8.59. The first-order valence-electron chi connectivity index (χ1n) is 6.85. The minimum absolute atomic E-state index is 0. The molecule has 0 aliphatic carbocycles. The monoisotopic (exact) mass is 401 g/mol. The molecule has 7 nitrogen and oxygen atoms in total. The fourth-order valence-corrected chi connectivity index (χ4v) is 3.43. The van der Waals surface area contributed by atoms with Gasteiger partial charge in [0.05, 0.1) is 15.4 Å². The third kappa shape index (κ3) is 5.39. The van der Waals surface area contributed by atoms with Gasteiger partial charge in [-0.25, -0.2) is 13.1 Å². The molecule has 0 unspecified atom stereocenters. The van der Waals surface area contributed by atoms with Crippen molar-refractivity contribution in [1.82, 2.24) is 10.0 Å². The molecule has 2 N–H and O–H groups in total. The third-order valence-electron chi connectivity index (χ3n) is 3.42. The van der Waals surface area contributed by atoms with Gasteiger partial charge in [0.15, 0.2) is 0 Å². The molecule has 1 aromatic rings. The highest BCUT2D eigenvalue weighted by Gasteiger charge is 2.38. The van der Waals surface area contributed by atoms with E-state index in [-0.39, 0.29) is 25.0 Å². The van der Waals surface area contributed by atoms with E-state index in [0.717, 1.165) is 11.6 Å². The quantitative estimate of drug-likeness (QED) is 0.447. The van der Waals surface area contributed by atoms with Crippen molar-refractivity contribution in [3.05, 3.63) is 45.5 Å². The van der Waals surface area contributed by atoms with Gasteiger partial charge in [0.25, 0.3) is 5.69 Å². The van der Waals surface area contributed by atoms with Crippen LogP contribution >= 0.6 is 12.4 Å². The Morgan fingerprint density at radius 3 is 2.52 bits per heavy atom. The maximum absolute atomic E-state index is 13.1. The minimum atomic E-state index is -5.04. The molecule has 1 aliphatic heterocycles. The molecule has 12 heteroatoms. The summed E-state index contributed by atoms with van der Waals surface area (Å²) in [6.45, 7) is 1.10. The maximum atomic E-state index is 13.1. The standard InChI is InChI=1S/C13H14F3N3O4S.ClH/c14-13(15,16)11-7-10(19(20)21)1-2-12(11)24(22,23)18-8-9-3-5-17-6-4-9;/h1-3,7,17-18H,4-6,8H2;1H. The summed E-state index contributed by atoms with van der Waals surface area (Å²) in [6, 6.07) is 1.55. The summed E-state index contributed by atoms with van der Waals surface area (Å²) in [5, 5.41) is 13.7. The van der Waals surface area contributed by atoms with Gasteiger partial charge in [0.2, 0.25) is 10.0 Å². The second-order valence-electron chi connectivity index (χ2n) is 5.08. The Labute approximate surface area is 147 Å². The van der Waals surface area contributed by atoms with Crippen LogP contribution in [-0.2, 0) is 16.2 Å². The van der Waals surface area contributed by atoms with Crippen molar-refractivity contribution in [2.24, 2.45) is 0 Å². The summed E-state index contributed by atoms with van der Waals surface area (Å²) in [5.41, 5.74) is -1.64. The van der Waals surface area contributed by atoms with E-state index in [1.54, 1.807) is 6.08 Å². The van der Waals surface area contributed by atoms with Crippen molar-refractivity contribution in [2.45, 2.75) is 17.5 Å². The van der Waals surface area contributed by atoms with E-state index >= 15 is 0 Å². The number of rotatable bonds is 5. The topological polar surface area (TPSA) is 101 Å². The highest BCUT2D eigenvalue weighted by atomic mass is 35.5. The number of sulfonamides is 1. The maximum Gasteiger partial charge on any atom is 0.417 e. The normalized spacial score (nSPS) is 15.2. The Morgan fingerprint density at radius 2 is 2.00 bits per heavy atom. The number of non-ortho nitro benzene ring substituents is 1. The lowest BCUT2D eigenvalue weighted by atomic mass is 10.1. The van der Waals surface area contributed by atoms with E-state index < -0.39 is 37.3 Å². The van der Waals surface area contributed by atoms with Crippen LogP contribution in [0, 0.1) is 10.1 Å². The molecule has 1 aliphatic rings. The van der Waals surface area contributed by atoms with E-state index in [0.29, 0.717) is 25.6 Å². The zero-order chi connectivity index (χ0) is 18.0. The molecule has 0 bridgehead atoms. The van der Waals surface area contributed by atoms with E-state index in [2.05, 4.69) is 10.0 Å². The first-order chi connectivity index (χ1) is 11.1. The van der Waals surface area contributed by atoms with Gasteiger partial charge in [-0.1, -0.05) is 11.6 Å². The van der Waals surface area contributed by atoms with Crippen molar-refractivity contribution < 1.29 is 26.5 Å². The van der Waals surface area contributed by atoms with Crippen LogP contribution in [-0.4, -0.2) is 33.0 Å². The SMILES string of the molecule is Cl.O=[N+]([O-])c1ccc(S(=O)(=O)NCC2=CCNCC2)c(C(F)(F)F)c1. The van der Waals surface area contributed by atoms with Crippen LogP contribution in [0.25, 0.3) is 0 Å². The van der Waals surface area contributed by atoms with Gasteiger partial charge < -0.3 is 5.32 Å². The zero-order valence-electron chi connectivity index (χ0n) is 12.7. The van der Waals surface area contributed by atoms with Crippen LogP contribution in [0.15, 0.2) is 34.7 Å². The molecule has 0 atom stereocenters. The summed E-state index contributed by atoms with van der Waals surface area (Å²) in [6.07, 6.45) is -2.70. The van der Waals surface area contributed by atoms with Gasteiger partial charge >= 0.3 is 6.18 Å². The number of halogens is 4. The van der Waals surface area contributed by atoms with Crippen LogP contribution in [0.5, 0.6) is 0 Å². The van der Waals surface area contributed by atoms with E-state index in [9.17, 15) is 31.7 Å². The minimum Gasteiger partial charge on any atom is -0.313 e. The highest BCUT2D eigenvalue weighted by molar-refractivity contribution is 7.89. The fourth-order valence-electron chi connectivity index (χ4n) is 2.18. The summed E-state index contributed by atoms with van der Waals surface area (Å²) in [5.74, 6) is 0. The first kappa shape index (κ1) is 21.4. The van der Waals surface area contributed by atoms with Crippen LogP contribution in [0.3, 0.4) is 0 Å². The van der Waals surface area contributed by atoms with Crippen LogP contribution in [0.2, 0.25) is 0 Å². The Hall–Kier alpha value is -1.69. The number of hydrogen-bond donors (Lipinski definition) is 2. The van der Waals surface area contributed by atoms with E-state index in [1.165, 1.54) is 0 Å². The predicted octanol–water partition coefficient (Wildman–Crippen LogP) is 2.23. The molecule has 0 fully saturated rings. The number of hydrogen-bond acceptors (Lipinski definition) is 5. The molecule has 0 aromatic heterocycles. The second-order valence-corrected chi connectivity index (χ2v) is 6.81. The van der Waals surface area contributed by atoms with Crippen LogP contribution in [0.4, 0.5) is 18.9 Å². The van der Waals surface area contributed by atoms with Crippen molar-refractivity contribution in [3.8, 4) is 0 Å². The number of alkyl halides is 3. The number of nitrogens with zero attached hydrogens (tertiary/aromatic N) is 1. The van der Waals surface area contributed by atoms with Crippen LogP contribution in [0.1, 0.15) is 12.0 Å². The molecule has 0 saturated carbocycles. The Kier molecular flexibility index (Phi) is 6.94. The van der Waals surface area contributed by atoms with Gasteiger partial charge in [-0.15, -0.1) is 12.4 Å². The molecular formula is C13H15ClF3N3O4S. The number of nitrogens with one attached hydrogen (secondary N) is 2. The molecule has 25 heavy (non-hydrogen) atoms. The molecular weight excluding hydrogens is 387 g/mol. The zero-order valence-corrected chi connectivity index (χ0v) is 14.3. The molecule has 0 saturated heterocycles. The number of nitro benzene ring substituents is 1. The van der Waals surface area contributed by atoms with Gasteiger partial charge in [0.1, 0.15) is 0 Å². The lowest BCUT2D eigenvalue weighted by Crippen LogP contribution is -2.31. The molecule has 0 spiro atoms. The number of nitro groups is 1. The van der Waals surface area contributed by atoms with Crippen LogP contribution < -0.4 is 10.0 Å². The van der Waals surface area contributed by atoms with Gasteiger partial charge in [0, 0.05) is 25.2 Å². The molecule has 1 aromatic carbocycles.